The summed E-state index contributed by atoms with van der Waals surface area (Å²) in [5.41, 5.74) is 1.72. The van der Waals surface area contributed by atoms with Crippen LogP contribution in [0.25, 0.3) is 0 Å². The van der Waals surface area contributed by atoms with Gasteiger partial charge in [0, 0.05) is 5.56 Å². The van der Waals surface area contributed by atoms with Crippen LogP contribution in [0.2, 0.25) is 10.0 Å². The molecule has 2 rings (SSSR count). The van der Waals surface area contributed by atoms with Crippen LogP contribution in [0.15, 0.2) is 47.6 Å². The molecule has 0 heterocycles. The normalized spacial score (nSPS) is 11.6. The zero-order chi connectivity index (χ0) is 18.4. The Morgan fingerprint density at radius 3 is 2.44 bits per heavy atom. The number of rotatable bonds is 5. The van der Waals surface area contributed by atoms with Crippen LogP contribution in [-0.2, 0) is 11.0 Å². The summed E-state index contributed by atoms with van der Waals surface area (Å²) in [5, 5.41) is 4.38. The maximum atomic E-state index is 12.6. The van der Waals surface area contributed by atoms with Gasteiger partial charge in [0.15, 0.2) is 6.61 Å². The van der Waals surface area contributed by atoms with Crippen LogP contribution in [0.4, 0.5) is 13.2 Å². The highest BCUT2D eigenvalue weighted by molar-refractivity contribution is 6.38. The predicted molar refractivity (Wildman–Crippen MR) is 89.1 cm³/mol. The van der Waals surface area contributed by atoms with Crippen molar-refractivity contribution in [2.45, 2.75) is 6.18 Å². The molecule has 0 atom stereocenters. The minimum absolute atomic E-state index is 0.0805. The van der Waals surface area contributed by atoms with Gasteiger partial charge in [-0.25, -0.2) is 5.43 Å². The average Bonchev–Trinajstić information content (AvgIpc) is 2.55. The summed E-state index contributed by atoms with van der Waals surface area (Å²) in [6.45, 7) is -0.505. The van der Waals surface area contributed by atoms with Crippen molar-refractivity contribution in [3.05, 3.63) is 63.6 Å². The van der Waals surface area contributed by atoms with Crippen molar-refractivity contribution in [1.82, 2.24) is 5.43 Å². The lowest BCUT2D eigenvalue weighted by Crippen LogP contribution is -2.24. The summed E-state index contributed by atoms with van der Waals surface area (Å²) in [7, 11) is 0. The Balaban J connectivity index is 1.90. The van der Waals surface area contributed by atoms with Crippen molar-refractivity contribution in [1.29, 1.82) is 0 Å². The molecule has 4 nitrogen and oxygen atoms in total. The summed E-state index contributed by atoms with van der Waals surface area (Å²) in [6, 6.07) is 9.08. The minimum Gasteiger partial charge on any atom is -0.484 e. The Kier molecular flexibility index (Phi) is 6.27. The summed E-state index contributed by atoms with van der Waals surface area (Å²) in [5.74, 6) is -0.736. The molecule has 9 heteroatoms. The fraction of sp³-hybridized carbons (Fsp3) is 0.125. The van der Waals surface area contributed by atoms with Gasteiger partial charge in [-0.05, 0) is 30.3 Å². The third-order valence-corrected chi connectivity index (χ3v) is 3.57. The third-order valence-electron chi connectivity index (χ3n) is 2.91. The molecule has 0 fully saturated rings. The second kappa shape index (κ2) is 8.22. The summed E-state index contributed by atoms with van der Waals surface area (Å²) >= 11 is 11.9. The van der Waals surface area contributed by atoms with E-state index in [2.05, 4.69) is 10.5 Å². The monoisotopic (exact) mass is 390 g/mol. The molecule has 0 spiro atoms. The molecule has 25 heavy (non-hydrogen) atoms. The highest BCUT2D eigenvalue weighted by Gasteiger charge is 2.30. The number of nitrogens with one attached hydrogen (secondary N) is 1. The van der Waals surface area contributed by atoms with E-state index in [4.69, 9.17) is 27.9 Å². The van der Waals surface area contributed by atoms with Crippen molar-refractivity contribution in [2.24, 2.45) is 5.10 Å². The molecular formula is C16H11Cl2F3N2O2. The van der Waals surface area contributed by atoms with Gasteiger partial charge in [-0.15, -0.1) is 0 Å². The highest BCUT2D eigenvalue weighted by atomic mass is 35.5. The number of benzene rings is 2. The highest BCUT2D eigenvalue weighted by Crippen LogP contribution is 2.31. The quantitative estimate of drug-likeness (QED) is 0.601. The van der Waals surface area contributed by atoms with Gasteiger partial charge in [0.2, 0.25) is 0 Å². The number of alkyl halides is 3. The van der Waals surface area contributed by atoms with Crippen molar-refractivity contribution < 1.29 is 22.7 Å². The molecule has 0 aliphatic rings. The Hall–Kier alpha value is -2.25. The number of amides is 1. The molecule has 0 bridgehead atoms. The van der Waals surface area contributed by atoms with Crippen molar-refractivity contribution >= 4 is 35.3 Å². The van der Waals surface area contributed by atoms with E-state index < -0.39 is 24.3 Å². The van der Waals surface area contributed by atoms with Crippen LogP contribution in [0, 0.1) is 0 Å². The van der Waals surface area contributed by atoms with Crippen LogP contribution >= 0.6 is 23.2 Å². The van der Waals surface area contributed by atoms with Crippen molar-refractivity contribution in [3.8, 4) is 5.75 Å². The topological polar surface area (TPSA) is 50.7 Å². The lowest BCUT2D eigenvalue weighted by Gasteiger charge is -2.09. The molecule has 1 N–H and O–H groups in total. The molecule has 0 aromatic heterocycles. The van der Waals surface area contributed by atoms with Crippen LogP contribution in [-0.4, -0.2) is 18.7 Å². The smallest absolute Gasteiger partial charge is 0.416 e. The Morgan fingerprint density at radius 2 is 1.80 bits per heavy atom. The molecule has 2 aromatic carbocycles. The van der Waals surface area contributed by atoms with Gasteiger partial charge < -0.3 is 4.74 Å². The molecule has 0 aliphatic carbocycles. The van der Waals surface area contributed by atoms with E-state index >= 15 is 0 Å². The zero-order valence-electron chi connectivity index (χ0n) is 12.5. The van der Waals surface area contributed by atoms with E-state index in [1.54, 1.807) is 18.2 Å². The fourth-order valence-corrected chi connectivity index (χ4v) is 2.24. The Labute approximate surface area is 151 Å². The lowest BCUT2D eigenvalue weighted by atomic mass is 10.2. The van der Waals surface area contributed by atoms with E-state index in [1.807, 2.05) is 0 Å². The predicted octanol–water partition coefficient (Wildman–Crippen LogP) is 4.54. The van der Waals surface area contributed by atoms with Crippen LogP contribution in [0.5, 0.6) is 5.75 Å². The Bertz CT molecular complexity index is 775. The SMILES string of the molecule is O=C(COc1cccc(C(F)(F)F)c1)N/N=C/c1c(Cl)cccc1Cl. The van der Waals surface area contributed by atoms with Crippen molar-refractivity contribution in [3.63, 3.8) is 0 Å². The average molecular weight is 391 g/mol. The summed E-state index contributed by atoms with van der Waals surface area (Å²) < 4.78 is 42.8. The number of hydrazone groups is 1. The van der Waals surface area contributed by atoms with Gasteiger partial charge in [-0.3, -0.25) is 4.79 Å². The maximum Gasteiger partial charge on any atom is 0.416 e. The van der Waals surface area contributed by atoms with Crippen LogP contribution in [0.1, 0.15) is 11.1 Å². The van der Waals surface area contributed by atoms with Crippen LogP contribution < -0.4 is 10.2 Å². The second-order valence-corrected chi connectivity index (χ2v) is 5.56. The van der Waals surface area contributed by atoms with Gasteiger partial charge in [0.25, 0.3) is 5.91 Å². The molecule has 0 saturated heterocycles. The zero-order valence-corrected chi connectivity index (χ0v) is 14.0. The number of halogens is 5. The van der Waals surface area contributed by atoms with E-state index in [0.717, 1.165) is 12.1 Å². The Morgan fingerprint density at radius 1 is 1.16 bits per heavy atom. The standard InChI is InChI=1S/C16H11Cl2F3N2O2/c17-13-5-2-6-14(18)12(13)8-22-23-15(24)9-25-11-4-1-3-10(7-11)16(19,20)21/h1-8H,9H2,(H,23,24)/b22-8+. The first-order valence-corrected chi connectivity index (χ1v) is 7.59. The van der Waals surface area contributed by atoms with E-state index in [0.29, 0.717) is 15.6 Å². The van der Waals surface area contributed by atoms with Gasteiger partial charge >= 0.3 is 6.18 Å². The third kappa shape index (κ3) is 5.65. The number of hydrogen-bond donors (Lipinski definition) is 1. The molecule has 0 radical (unpaired) electrons. The molecule has 0 aliphatic heterocycles. The largest absolute Gasteiger partial charge is 0.484 e. The molecule has 132 valence electrons. The summed E-state index contributed by atoms with van der Waals surface area (Å²) in [4.78, 5) is 11.6. The number of carbonyl (C=O) groups excluding carboxylic acids is 1. The van der Waals surface area contributed by atoms with E-state index in [1.165, 1.54) is 18.3 Å². The molecular weight excluding hydrogens is 380 g/mol. The van der Waals surface area contributed by atoms with Crippen LogP contribution in [0.3, 0.4) is 0 Å². The lowest BCUT2D eigenvalue weighted by molar-refractivity contribution is -0.137. The molecule has 1 amide bonds. The minimum atomic E-state index is -4.49. The molecule has 0 saturated carbocycles. The van der Waals surface area contributed by atoms with Crippen molar-refractivity contribution in [2.75, 3.05) is 6.61 Å². The van der Waals surface area contributed by atoms with E-state index in [-0.39, 0.29) is 5.75 Å². The number of nitrogens with zero attached hydrogens (tertiary/aromatic N) is 1. The first-order valence-electron chi connectivity index (χ1n) is 6.83. The van der Waals surface area contributed by atoms with Gasteiger partial charge in [-0.1, -0.05) is 35.3 Å². The number of hydrogen-bond acceptors (Lipinski definition) is 3. The summed E-state index contributed by atoms with van der Waals surface area (Å²) in [6.07, 6.45) is -3.23. The molecule has 0 unspecified atom stereocenters. The number of ether oxygens (including phenoxy) is 1. The second-order valence-electron chi connectivity index (χ2n) is 4.74. The molecule has 2 aromatic rings. The first-order chi connectivity index (χ1) is 11.8. The first kappa shape index (κ1) is 19.1. The van der Waals surface area contributed by atoms with E-state index in [9.17, 15) is 18.0 Å². The number of carbonyl (C=O) groups is 1. The van der Waals surface area contributed by atoms with Gasteiger partial charge in [0.05, 0.1) is 21.8 Å². The maximum absolute atomic E-state index is 12.6. The fourth-order valence-electron chi connectivity index (χ4n) is 1.75. The van der Waals surface area contributed by atoms with Gasteiger partial charge in [-0.2, -0.15) is 18.3 Å². The van der Waals surface area contributed by atoms with Gasteiger partial charge in [0.1, 0.15) is 5.75 Å².